The van der Waals surface area contributed by atoms with E-state index in [1.165, 1.54) is 22.6 Å². The average molecular weight is 281 g/mol. The Hall–Kier alpha value is -1.49. The number of aromatic nitrogens is 1. The molecular formula is C12H15N3O3S. The summed E-state index contributed by atoms with van der Waals surface area (Å²) in [5, 5.41) is 8.67. The molecule has 0 saturated carbocycles. The smallest absolute Gasteiger partial charge is 0.245 e. The van der Waals surface area contributed by atoms with Gasteiger partial charge in [-0.25, -0.2) is 13.4 Å². The minimum atomic E-state index is -3.57. The fraction of sp³-hybridized carbons (Fsp3) is 0.500. The lowest BCUT2D eigenvalue weighted by Gasteiger charge is -2.33. The molecule has 0 aromatic carbocycles. The number of ether oxygens (including phenoxy) is 1. The molecule has 102 valence electrons. The maximum absolute atomic E-state index is 12.5. The summed E-state index contributed by atoms with van der Waals surface area (Å²) in [5.41, 5.74) is 0.202. The number of hydrogen-bond acceptors (Lipinski definition) is 5. The Morgan fingerprint density at radius 2 is 2.37 bits per heavy atom. The summed E-state index contributed by atoms with van der Waals surface area (Å²) in [6.07, 6.45) is 1.93. The van der Waals surface area contributed by atoms with Crippen LogP contribution in [-0.4, -0.2) is 43.5 Å². The highest BCUT2D eigenvalue weighted by Crippen LogP contribution is 2.21. The minimum Gasteiger partial charge on any atom is -0.378 e. The fourth-order valence-corrected chi connectivity index (χ4v) is 3.63. The van der Waals surface area contributed by atoms with Crippen LogP contribution in [0.1, 0.15) is 19.0 Å². The van der Waals surface area contributed by atoms with E-state index in [1.54, 1.807) is 0 Å². The maximum Gasteiger partial charge on any atom is 0.245 e. The van der Waals surface area contributed by atoms with Crippen LogP contribution >= 0.6 is 0 Å². The molecule has 0 bridgehead atoms. The SMILES string of the molecule is CCC1COCCN1S(=O)(=O)c1ccc(C#N)nc1. The third-order valence-corrected chi connectivity index (χ3v) is 5.04. The van der Waals surface area contributed by atoms with Crippen molar-refractivity contribution in [1.29, 1.82) is 5.26 Å². The van der Waals surface area contributed by atoms with E-state index in [-0.39, 0.29) is 16.6 Å². The topological polar surface area (TPSA) is 83.3 Å². The molecule has 0 radical (unpaired) electrons. The van der Waals surface area contributed by atoms with Crippen LogP contribution in [-0.2, 0) is 14.8 Å². The van der Waals surface area contributed by atoms with Crippen LogP contribution in [0.2, 0.25) is 0 Å². The van der Waals surface area contributed by atoms with Crippen LogP contribution in [0.15, 0.2) is 23.2 Å². The monoisotopic (exact) mass is 281 g/mol. The van der Waals surface area contributed by atoms with Crippen molar-refractivity contribution in [2.75, 3.05) is 19.8 Å². The molecule has 1 aromatic rings. The zero-order valence-corrected chi connectivity index (χ0v) is 11.4. The van der Waals surface area contributed by atoms with E-state index in [9.17, 15) is 8.42 Å². The largest absolute Gasteiger partial charge is 0.378 e. The number of rotatable bonds is 3. The maximum atomic E-state index is 12.5. The van der Waals surface area contributed by atoms with Gasteiger partial charge in [-0.15, -0.1) is 0 Å². The lowest BCUT2D eigenvalue weighted by atomic mass is 10.2. The van der Waals surface area contributed by atoms with Gasteiger partial charge in [-0.1, -0.05) is 6.92 Å². The van der Waals surface area contributed by atoms with Gasteiger partial charge < -0.3 is 4.74 Å². The van der Waals surface area contributed by atoms with E-state index in [0.29, 0.717) is 26.2 Å². The summed E-state index contributed by atoms with van der Waals surface area (Å²) in [4.78, 5) is 3.93. The van der Waals surface area contributed by atoms with Gasteiger partial charge in [0.2, 0.25) is 10.0 Å². The molecule has 1 aliphatic rings. The second kappa shape index (κ2) is 5.65. The molecule has 19 heavy (non-hydrogen) atoms. The molecule has 1 aliphatic heterocycles. The van der Waals surface area contributed by atoms with Gasteiger partial charge in [-0.2, -0.15) is 9.57 Å². The highest BCUT2D eigenvalue weighted by Gasteiger charge is 2.33. The second-order valence-electron chi connectivity index (χ2n) is 4.24. The zero-order chi connectivity index (χ0) is 13.9. The van der Waals surface area contributed by atoms with E-state index in [0.717, 1.165) is 0 Å². The molecule has 1 fully saturated rings. The third-order valence-electron chi connectivity index (χ3n) is 3.10. The van der Waals surface area contributed by atoms with Gasteiger partial charge >= 0.3 is 0 Å². The Morgan fingerprint density at radius 1 is 1.58 bits per heavy atom. The van der Waals surface area contributed by atoms with Crippen LogP contribution in [0, 0.1) is 11.3 Å². The van der Waals surface area contributed by atoms with Crippen LogP contribution in [0.25, 0.3) is 0 Å². The van der Waals surface area contributed by atoms with Gasteiger partial charge in [0.15, 0.2) is 0 Å². The standard InChI is InChI=1S/C12H15N3O3S/c1-2-11-9-18-6-5-15(11)19(16,17)12-4-3-10(7-13)14-8-12/h3-4,8,11H,2,5-6,9H2,1H3. The predicted molar refractivity (Wildman–Crippen MR) is 67.7 cm³/mol. The van der Waals surface area contributed by atoms with Crippen LogP contribution < -0.4 is 0 Å². The molecule has 6 nitrogen and oxygen atoms in total. The zero-order valence-electron chi connectivity index (χ0n) is 10.6. The van der Waals surface area contributed by atoms with E-state index < -0.39 is 10.0 Å². The van der Waals surface area contributed by atoms with E-state index in [4.69, 9.17) is 10.00 Å². The van der Waals surface area contributed by atoms with Gasteiger partial charge in [0.25, 0.3) is 0 Å². The quantitative estimate of drug-likeness (QED) is 0.816. The number of nitriles is 1. The van der Waals surface area contributed by atoms with Crippen LogP contribution in [0.3, 0.4) is 0 Å². The highest BCUT2D eigenvalue weighted by atomic mass is 32.2. The lowest BCUT2D eigenvalue weighted by molar-refractivity contribution is 0.0314. The lowest BCUT2D eigenvalue weighted by Crippen LogP contribution is -2.48. The van der Waals surface area contributed by atoms with Crippen molar-refractivity contribution >= 4 is 10.0 Å². The highest BCUT2D eigenvalue weighted by molar-refractivity contribution is 7.89. The van der Waals surface area contributed by atoms with Gasteiger partial charge in [0.1, 0.15) is 16.7 Å². The minimum absolute atomic E-state index is 0.117. The first-order chi connectivity index (χ1) is 9.09. The number of nitrogens with zero attached hydrogens (tertiary/aromatic N) is 3. The van der Waals surface area contributed by atoms with Gasteiger partial charge in [0, 0.05) is 18.8 Å². The van der Waals surface area contributed by atoms with Gasteiger partial charge in [0.05, 0.1) is 13.2 Å². The molecule has 1 atom stereocenters. The summed E-state index contributed by atoms with van der Waals surface area (Å²) >= 11 is 0. The van der Waals surface area contributed by atoms with Crippen molar-refractivity contribution in [3.8, 4) is 6.07 Å². The first-order valence-corrected chi connectivity index (χ1v) is 7.49. The summed E-state index contributed by atoms with van der Waals surface area (Å²) < 4.78 is 31.8. The number of hydrogen-bond donors (Lipinski definition) is 0. The molecule has 0 spiro atoms. The Morgan fingerprint density at radius 3 is 2.95 bits per heavy atom. The van der Waals surface area contributed by atoms with E-state index in [1.807, 2.05) is 13.0 Å². The second-order valence-corrected chi connectivity index (χ2v) is 6.13. The number of morpholine rings is 1. The van der Waals surface area contributed by atoms with Crippen molar-refractivity contribution < 1.29 is 13.2 Å². The normalized spacial score (nSPS) is 20.9. The molecular weight excluding hydrogens is 266 g/mol. The molecule has 0 amide bonds. The summed E-state index contributed by atoms with van der Waals surface area (Å²) in [6.45, 7) is 3.10. The first kappa shape index (κ1) is 13.9. The summed E-state index contributed by atoms with van der Waals surface area (Å²) in [7, 11) is -3.57. The Kier molecular flexibility index (Phi) is 4.14. The number of pyridine rings is 1. The summed E-state index contributed by atoms with van der Waals surface area (Å²) in [6, 6.07) is 4.55. The van der Waals surface area contributed by atoms with E-state index in [2.05, 4.69) is 4.98 Å². The van der Waals surface area contributed by atoms with Crippen LogP contribution in [0.4, 0.5) is 0 Å². The Bertz CT molecular complexity index is 577. The first-order valence-electron chi connectivity index (χ1n) is 6.05. The van der Waals surface area contributed by atoms with Crippen molar-refractivity contribution in [3.05, 3.63) is 24.0 Å². The molecule has 1 saturated heterocycles. The molecule has 1 unspecified atom stereocenters. The van der Waals surface area contributed by atoms with Crippen LogP contribution in [0.5, 0.6) is 0 Å². The Balaban J connectivity index is 2.32. The average Bonchev–Trinajstić information content (AvgIpc) is 2.47. The van der Waals surface area contributed by atoms with Crippen molar-refractivity contribution in [2.45, 2.75) is 24.3 Å². The molecule has 1 aromatic heterocycles. The van der Waals surface area contributed by atoms with E-state index >= 15 is 0 Å². The van der Waals surface area contributed by atoms with Gasteiger partial charge in [-0.3, -0.25) is 0 Å². The van der Waals surface area contributed by atoms with Crippen molar-refractivity contribution in [2.24, 2.45) is 0 Å². The van der Waals surface area contributed by atoms with Gasteiger partial charge in [-0.05, 0) is 18.6 Å². The third kappa shape index (κ3) is 2.76. The van der Waals surface area contributed by atoms with Crippen molar-refractivity contribution in [1.82, 2.24) is 9.29 Å². The summed E-state index contributed by atoms with van der Waals surface area (Å²) in [5.74, 6) is 0. The molecule has 2 rings (SSSR count). The predicted octanol–water partition coefficient (Wildman–Crippen LogP) is 0.753. The molecule has 2 heterocycles. The molecule has 7 heteroatoms. The fourth-order valence-electron chi connectivity index (χ4n) is 2.01. The Labute approximate surface area is 112 Å². The molecule has 0 aliphatic carbocycles. The molecule has 0 N–H and O–H groups in total. The number of sulfonamides is 1. The van der Waals surface area contributed by atoms with Crippen molar-refractivity contribution in [3.63, 3.8) is 0 Å².